The van der Waals surface area contributed by atoms with Crippen molar-refractivity contribution in [3.05, 3.63) is 63.6 Å². The zero-order valence-corrected chi connectivity index (χ0v) is 14.6. The molecule has 2 aromatic carbocycles. The maximum Gasteiger partial charge on any atom is 0.344 e. The number of carbonyl (C=O) groups excluding carboxylic acids is 2. The summed E-state index contributed by atoms with van der Waals surface area (Å²) in [5.74, 6) is -0.981. The SMILES string of the molecule is CCCCOC(=O)c1ccccc1C(=O)Oc1ccc(Cl)c(Cl)c1. The number of carbonyl (C=O) groups is 2. The molecule has 0 amide bonds. The molecule has 0 fully saturated rings. The van der Waals surface area contributed by atoms with E-state index in [1.807, 2.05) is 6.92 Å². The van der Waals surface area contributed by atoms with E-state index in [0.29, 0.717) is 11.6 Å². The van der Waals surface area contributed by atoms with Crippen LogP contribution >= 0.6 is 23.2 Å². The minimum Gasteiger partial charge on any atom is -0.462 e. The monoisotopic (exact) mass is 366 g/mol. The largest absolute Gasteiger partial charge is 0.462 e. The van der Waals surface area contributed by atoms with Gasteiger partial charge in [-0.1, -0.05) is 48.7 Å². The van der Waals surface area contributed by atoms with E-state index in [-0.39, 0.29) is 21.9 Å². The van der Waals surface area contributed by atoms with E-state index in [0.717, 1.165) is 12.8 Å². The van der Waals surface area contributed by atoms with Gasteiger partial charge in [0.2, 0.25) is 0 Å². The summed E-state index contributed by atoms with van der Waals surface area (Å²) in [6.07, 6.45) is 1.68. The van der Waals surface area contributed by atoms with Crippen LogP contribution in [0.25, 0.3) is 0 Å². The molecule has 0 radical (unpaired) electrons. The van der Waals surface area contributed by atoms with Gasteiger partial charge < -0.3 is 9.47 Å². The van der Waals surface area contributed by atoms with Crippen molar-refractivity contribution in [1.82, 2.24) is 0 Å². The predicted octanol–water partition coefficient (Wildman–Crippen LogP) is 5.17. The minimum absolute atomic E-state index is 0.130. The van der Waals surface area contributed by atoms with Crippen molar-refractivity contribution >= 4 is 35.1 Å². The Morgan fingerprint density at radius 1 is 0.958 bits per heavy atom. The fraction of sp³-hybridized carbons (Fsp3) is 0.222. The highest BCUT2D eigenvalue weighted by Crippen LogP contribution is 2.27. The van der Waals surface area contributed by atoms with Crippen LogP contribution in [0.2, 0.25) is 10.0 Å². The second-order valence-electron chi connectivity index (χ2n) is 5.00. The Bertz CT molecular complexity index is 744. The summed E-state index contributed by atoms with van der Waals surface area (Å²) >= 11 is 11.7. The number of benzene rings is 2. The Morgan fingerprint density at radius 3 is 2.25 bits per heavy atom. The fourth-order valence-corrected chi connectivity index (χ4v) is 2.22. The lowest BCUT2D eigenvalue weighted by Crippen LogP contribution is -2.16. The topological polar surface area (TPSA) is 52.6 Å². The highest BCUT2D eigenvalue weighted by Gasteiger charge is 2.19. The van der Waals surface area contributed by atoms with Gasteiger partial charge in [-0.2, -0.15) is 0 Å². The van der Waals surface area contributed by atoms with Crippen molar-refractivity contribution in [2.75, 3.05) is 6.61 Å². The summed E-state index contributed by atoms with van der Waals surface area (Å²) in [7, 11) is 0. The molecule has 0 bridgehead atoms. The Balaban J connectivity index is 2.17. The molecule has 126 valence electrons. The summed E-state index contributed by atoms with van der Waals surface area (Å²) in [6.45, 7) is 2.31. The smallest absolute Gasteiger partial charge is 0.344 e. The third-order valence-corrected chi connectivity index (χ3v) is 3.94. The molecular weight excluding hydrogens is 351 g/mol. The van der Waals surface area contributed by atoms with E-state index < -0.39 is 11.9 Å². The van der Waals surface area contributed by atoms with Gasteiger partial charge in [0, 0.05) is 6.07 Å². The standard InChI is InChI=1S/C18H16Cl2O4/c1-2-3-10-23-17(21)13-6-4-5-7-14(13)18(22)24-12-8-9-15(19)16(20)11-12/h4-9,11H,2-3,10H2,1H3. The van der Waals surface area contributed by atoms with E-state index in [1.165, 1.54) is 30.3 Å². The number of hydrogen-bond donors (Lipinski definition) is 0. The third kappa shape index (κ3) is 4.73. The van der Waals surface area contributed by atoms with Gasteiger partial charge in [-0.25, -0.2) is 9.59 Å². The highest BCUT2D eigenvalue weighted by molar-refractivity contribution is 6.42. The zero-order valence-electron chi connectivity index (χ0n) is 13.1. The average molecular weight is 367 g/mol. The summed E-state index contributed by atoms with van der Waals surface area (Å²) in [6, 6.07) is 10.8. The lowest BCUT2D eigenvalue weighted by Gasteiger charge is -2.10. The maximum atomic E-state index is 12.4. The predicted molar refractivity (Wildman–Crippen MR) is 93.1 cm³/mol. The molecule has 0 saturated carbocycles. The zero-order chi connectivity index (χ0) is 17.5. The van der Waals surface area contributed by atoms with Crippen molar-refractivity contribution in [3.8, 4) is 5.75 Å². The molecule has 0 aliphatic rings. The molecule has 0 N–H and O–H groups in total. The van der Waals surface area contributed by atoms with Gasteiger partial charge in [0.1, 0.15) is 5.75 Å². The van der Waals surface area contributed by atoms with Crippen LogP contribution in [0.15, 0.2) is 42.5 Å². The van der Waals surface area contributed by atoms with Crippen molar-refractivity contribution < 1.29 is 19.1 Å². The molecule has 6 heteroatoms. The Kier molecular flexibility index (Phi) is 6.64. The Hall–Kier alpha value is -2.04. The molecule has 4 nitrogen and oxygen atoms in total. The molecule has 2 rings (SSSR count). The molecule has 24 heavy (non-hydrogen) atoms. The van der Waals surface area contributed by atoms with Gasteiger partial charge >= 0.3 is 11.9 Å². The van der Waals surface area contributed by atoms with Crippen molar-refractivity contribution in [2.45, 2.75) is 19.8 Å². The molecule has 0 aliphatic carbocycles. The molecule has 0 aromatic heterocycles. The van der Waals surface area contributed by atoms with Crippen LogP contribution in [0.5, 0.6) is 5.75 Å². The normalized spacial score (nSPS) is 10.3. The minimum atomic E-state index is -0.670. The van der Waals surface area contributed by atoms with Gasteiger partial charge in [0.15, 0.2) is 0 Å². The van der Waals surface area contributed by atoms with Crippen LogP contribution in [0.3, 0.4) is 0 Å². The first-order valence-corrected chi connectivity index (χ1v) is 8.22. The number of esters is 2. The molecule has 2 aromatic rings. The fourth-order valence-electron chi connectivity index (χ4n) is 1.93. The first-order chi connectivity index (χ1) is 11.5. The molecule has 0 atom stereocenters. The van der Waals surface area contributed by atoms with E-state index >= 15 is 0 Å². The van der Waals surface area contributed by atoms with Gasteiger partial charge in [-0.3, -0.25) is 0 Å². The van der Waals surface area contributed by atoms with Gasteiger partial charge in [-0.15, -0.1) is 0 Å². The van der Waals surface area contributed by atoms with Crippen molar-refractivity contribution in [3.63, 3.8) is 0 Å². The quantitative estimate of drug-likeness (QED) is 0.402. The van der Waals surface area contributed by atoms with Crippen LogP contribution < -0.4 is 4.74 Å². The lowest BCUT2D eigenvalue weighted by atomic mass is 10.1. The highest BCUT2D eigenvalue weighted by atomic mass is 35.5. The number of ether oxygens (including phenoxy) is 2. The van der Waals surface area contributed by atoms with E-state index in [9.17, 15) is 9.59 Å². The van der Waals surface area contributed by atoms with E-state index in [4.69, 9.17) is 32.7 Å². The Morgan fingerprint density at radius 2 is 1.62 bits per heavy atom. The van der Waals surface area contributed by atoms with Gasteiger partial charge in [0.05, 0.1) is 27.8 Å². The van der Waals surface area contributed by atoms with Gasteiger partial charge in [0.25, 0.3) is 0 Å². The maximum absolute atomic E-state index is 12.4. The first-order valence-electron chi connectivity index (χ1n) is 7.46. The third-order valence-electron chi connectivity index (χ3n) is 3.20. The molecular formula is C18H16Cl2O4. The van der Waals surface area contributed by atoms with Crippen LogP contribution in [0.4, 0.5) is 0 Å². The Labute approximate surface area is 150 Å². The molecule has 0 unspecified atom stereocenters. The molecule has 0 heterocycles. The second-order valence-corrected chi connectivity index (χ2v) is 5.81. The number of unbranched alkanes of at least 4 members (excludes halogenated alkanes) is 1. The first kappa shape index (κ1) is 18.3. The second kappa shape index (κ2) is 8.71. The number of halogens is 2. The van der Waals surface area contributed by atoms with E-state index in [1.54, 1.807) is 12.1 Å². The average Bonchev–Trinajstić information content (AvgIpc) is 2.58. The van der Waals surface area contributed by atoms with Crippen molar-refractivity contribution in [2.24, 2.45) is 0 Å². The van der Waals surface area contributed by atoms with Crippen molar-refractivity contribution in [1.29, 1.82) is 0 Å². The molecule has 0 aliphatic heterocycles. The molecule has 0 spiro atoms. The number of hydrogen-bond acceptors (Lipinski definition) is 4. The number of rotatable bonds is 6. The van der Waals surface area contributed by atoms with Crippen LogP contribution in [0, 0.1) is 0 Å². The van der Waals surface area contributed by atoms with Crippen LogP contribution in [0.1, 0.15) is 40.5 Å². The summed E-state index contributed by atoms with van der Waals surface area (Å²) in [5, 5.41) is 0.630. The summed E-state index contributed by atoms with van der Waals surface area (Å²) in [5.41, 5.74) is 0.295. The van der Waals surface area contributed by atoms with Crippen LogP contribution in [-0.2, 0) is 4.74 Å². The summed E-state index contributed by atoms with van der Waals surface area (Å²) < 4.78 is 10.4. The van der Waals surface area contributed by atoms with E-state index in [2.05, 4.69) is 0 Å². The van der Waals surface area contributed by atoms with Crippen LogP contribution in [-0.4, -0.2) is 18.5 Å². The lowest BCUT2D eigenvalue weighted by molar-refractivity contribution is 0.0491. The summed E-state index contributed by atoms with van der Waals surface area (Å²) in [4.78, 5) is 24.5. The van der Waals surface area contributed by atoms with Gasteiger partial charge in [-0.05, 0) is 30.7 Å². The molecule has 0 saturated heterocycles.